The van der Waals surface area contributed by atoms with E-state index in [4.69, 9.17) is 0 Å². The predicted molar refractivity (Wildman–Crippen MR) is 54.4 cm³/mol. The van der Waals surface area contributed by atoms with Gasteiger partial charge in [0.05, 0.1) is 5.51 Å². The fraction of sp³-hybridized carbons (Fsp3) is 0.500. The summed E-state index contributed by atoms with van der Waals surface area (Å²) in [5, 5.41) is 7.76. The van der Waals surface area contributed by atoms with Gasteiger partial charge < -0.3 is 0 Å². The maximum absolute atomic E-state index is 11.7. The molecule has 0 atom stereocenters. The molecule has 14 heavy (non-hydrogen) atoms. The zero-order chi connectivity index (χ0) is 9.97. The molecule has 2 heterocycles. The second kappa shape index (κ2) is 3.83. The molecule has 0 saturated heterocycles. The van der Waals surface area contributed by atoms with Gasteiger partial charge in [0.25, 0.3) is 5.56 Å². The summed E-state index contributed by atoms with van der Waals surface area (Å²) in [7, 11) is 0. The van der Waals surface area contributed by atoms with E-state index in [2.05, 4.69) is 22.2 Å². The van der Waals surface area contributed by atoms with Crippen molar-refractivity contribution < 1.29 is 0 Å². The van der Waals surface area contributed by atoms with Gasteiger partial charge >= 0.3 is 0 Å². The average molecular weight is 210 g/mol. The summed E-state index contributed by atoms with van der Waals surface area (Å²) in [4.78, 5) is 16.3. The van der Waals surface area contributed by atoms with Gasteiger partial charge in [-0.15, -0.1) is 16.4 Å². The zero-order valence-electron chi connectivity index (χ0n) is 7.80. The highest BCUT2D eigenvalue weighted by Gasteiger charge is 2.06. The maximum Gasteiger partial charge on any atom is 0.297 e. The Morgan fingerprint density at radius 1 is 1.57 bits per heavy atom. The number of rotatable bonds is 3. The SMILES string of the molecule is CCCCn1nnc2scnc2c1=O. The fourth-order valence-electron chi connectivity index (χ4n) is 1.17. The smallest absolute Gasteiger partial charge is 0.265 e. The van der Waals surface area contributed by atoms with Crippen LogP contribution in [-0.2, 0) is 6.54 Å². The molecular formula is C8H10N4OS. The molecule has 0 N–H and O–H groups in total. The molecule has 0 bridgehead atoms. The van der Waals surface area contributed by atoms with Crippen LogP contribution in [-0.4, -0.2) is 20.0 Å². The van der Waals surface area contributed by atoms with Gasteiger partial charge in [0.2, 0.25) is 0 Å². The molecule has 0 radical (unpaired) electrons. The van der Waals surface area contributed by atoms with E-state index in [9.17, 15) is 4.79 Å². The van der Waals surface area contributed by atoms with Crippen LogP contribution in [0.2, 0.25) is 0 Å². The predicted octanol–water partition coefficient (Wildman–Crippen LogP) is 1.05. The summed E-state index contributed by atoms with van der Waals surface area (Å²) in [5.74, 6) is 0. The van der Waals surface area contributed by atoms with Gasteiger partial charge in [-0.3, -0.25) is 4.79 Å². The quantitative estimate of drug-likeness (QED) is 0.759. The molecule has 0 aliphatic carbocycles. The van der Waals surface area contributed by atoms with Gasteiger partial charge in [-0.25, -0.2) is 9.67 Å². The van der Waals surface area contributed by atoms with Crippen LogP contribution in [0.4, 0.5) is 0 Å². The van der Waals surface area contributed by atoms with E-state index in [1.165, 1.54) is 16.0 Å². The lowest BCUT2D eigenvalue weighted by Crippen LogP contribution is -2.24. The number of unbranched alkanes of at least 4 members (excludes halogenated alkanes) is 1. The first-order valence-corrected chi connectivity index (χ1v) is 5.38. The summed E-state index contributed by atoms with van der Waals surface area (Å²) >= 11 is 1.34. The standard InChI is InChI=1S/C8H10N4OS/c1-2-3-4-12-8(13)6-7(10-11-12)14-5-9-6/h5H,2-4H2,1H3. The third kappa shape index (κ3) is 1.52. The van der Waals surface area contributed by atoms with Crippen molar-refractivity contribution >= 4 is 21.7 Å². The van der Waals surface area contributed by atoms with Crippen LogP contribution in [0.3, 0.4) is 0 Å². The second-order valence-corrected chi connectivity index (χ2v) is 3.81. The molecule has 2 aromatic heterocycles. The Bertz CT molecular complexity index is 489. The Morgan fingerprint density at radius 2 is 2.43 bits per heavy atom. The lowest BCUT2D eigenvalue weighted by molar-refractivity contribution is 0.520. The van der Waals surface area contributed by atoms with E-state index < -0.39 is 0 Å². The normalized spacial score (nSPS) is 10.9. The topological polar surface area (TPSA) is 60.7 Å². The molecule has 0 spiro atoms. The largest absolute Gasteiger partial charge is 0.297 e. The molecule has 0 amide bonds. The lowest BCUT2D eigenvalue weighted by Gasteiger charge is -1.99. The third-order valence-electron chi connectivity index (χ3n) is 1.95. The summed E-state index contributed by atoms with van der Waals surface area (Å²) in [5.41, 5.74) is 1.91. The number of thiazole rings is 1. The minimum absolute atomic E-state index is 0.135. The minimum Gasteiger partial charge on any atom is -0.265 e. The number of hydrogen-bond donors (Lipinski definition) is 0. The lowest BCUT2D eigenvalue weighted by atomic mass is 10.3. The first-order valence-electron chi connectivity index (χ1n) is 4.50. The van der Waals surface area contributed by atoms with Crippen molar-refractivity contribution in [2.45, 2.75) is 26.3 Å². The van der Waals surface area contributed by atoms with Crippen LogP contribution in [0, 0.1) is 0 Å². The summed E-state index contributed by atoms with van der Waals surface area (Å²) in [6, 6.07) is 0. The number of nitrogens with zero attached hydrogens (tertiary/aromatic N) is 4. The molecule has 5 nitrogen and oxygen atoms in total. The van der Waals surface area contributed by atoms with E-state index in [-0.39, 0.29) is 5.56 Å². The summed E-state index contributed by atoms with van der Waals surface area (Å²) < 4.78 is 1.38. The van der Waals surface area contributed by atoms with Gasteiger partial charge in [-0.05, 0) is 6.42 Å². The van der Waals surface area contributed by atoms with E-state index >= 15 is 0 Å². The van der Waals surface area contributed by atoms with Crippen molar-refractivity contribution in [3.05, 3.63) is 15.9 Å². The average Bonchev–Trinajstić information content (AvgIpc) is 2.66. The van der Waals surface area contributed by atoms with E-state index in [0.717, 1.165) is 12.8 Å². The summed E-state index contributed by atoms with van der Waals surface area (Å²) in [6.07, 6.45) is 1.97. The highest BCUT2D eigenvalue weighted by molar-refractivity contribution is 7.16. The molecule has 0 unspecified atom stereocenters. The van der Waals surface area contributed by atoms with Crippen LogP contribution in [0.5, 0.6) is 0 Å². The highest BCUT2D eigenvalue weighted by atomic mass is 32.1. The molecule has 2 rings (SSSR count). The molecule has 2 aromatic rings. The van der Waals surface area contributed by atoms with Gasteiger partial charge in [-0.1, -0.05) is 18.6 Å². The van der Waals surface area contributed by atoms with E-state index in [1.54, 1.807) is 5.51 Å². The Hall–Kier alpha value is -1.30. The van der Waals surface area contributed by atoms with Gasteiger partial charge in [-0.2, -0.15) is 0 Å². The van der Waals surface area contributed by atoms with Crippen molar-refractivity contribution in [1.29, 1.82) is 0 Å². The Balaban J connectivity index is 2.46. The van der Waals surface area contributed by atoms with E-state index in [0.29, 0.717) is 16.9 Å². The number of aromatic nitrogens is 4. The van der Waals surface area contributed by atoms with Crippen molar-refractivity contribution in [3.8, 4) is 0 Å². The fourth-order valence-corrected chi connectivity index (χ4v) is 1.76. The van der Waals surface area contributed by atoms with Crippen LogP contribution in [0.25, 0.3) is 10.3 Å². The van der Waals surface area contributed by atoms with Crippen LogP contribution < -0.4 is 5.56 Å². The van der Waals surface area contributed by atoms with Crippen LogP contribution in [0.1, 0.15) is 19.8 Å². The van der Waals surface area contributed by atoms with E-state index in [1.807, 2.05) is 0 Å². The highest BCUT2D eigenvalue weighted by Crippen LogP contribution is 2.08. The molecule has 0 fully saturated rings. The molecule has 74 valence electrons. The van der Waals surface area contributed by atoms with Gasteiger partial charge in [0, 0.05) is 6.54 Å². The maximum atomic E-state index is 11.7. The molecule has 6 heteroatoms. The van der Waals surface area contributed by atoms with Crippen molar-refractivity contribution in [3.63, 3.8) is 0 Å². The van der Waals surface area contributed by atoms with Crippen LogP contribution in [0.15, 0.2) is 10.3 Å². The Morgan fingerprint density at radius 3 is 3.21 bits per heavy atom. The Kier molecular flexibility index (Phi) is 2.53. The molecule has 0 aliphatic heterocycles. The minimum atomic E-state index is -0.135. The first kappa shape index (κ1) is 9.26. The third-order valence-corrected chi connectivity index (χ3v) is 2.66. The Labute approximate surface area is 84.4 Å². The zero-order valence-corrected chi connectivity index (χ0v) is 8.62. The van der Waals surface area contributed by atoms with Crippen LogP contribution >= 0.6 is 11.3 Å². The van der Waals surface area contributed by atoms with Crippen molar-refractivity contribution in [2.75, 3.05) is 0 Å². The molecular weight excluding hydrogens is 200 g/mol. The molecule has 0 aromatic carbocycles. The first-order chi connectivity index (χ1) is 6.83. The second-order valence-electron chi connectivity index (χ2n) is 2.98. The van der Waals surface area contributed by atoms with Gasteiger partial charge in [0.1, 0.15) is 0 Å². The number of aryl methyl sites for hydroxylation is 1. The van der Waals surface area contributed by atoms with Gasteiger partial charge in [0.15, 0.2) is 10.3 Å². The van der Waals surface area contributed by atoms with Crippen molar-refractivity contribution in [1.82, 2.24) is 20.0 Å². The summed E-state index contributed by atoms with van der Waals surface area (Å²) in [6.45, 7) is 2.69. The molecule has 0 aliphatic rings. The molecule has 0 saturated carbocycles. The number of fused-ring (bicyclic) bond motifs is 1. The van der Waals surface area contributed by atoms with Crippen molar-refractivity contribution in [2.24, 2.45) is 0 Å². The monoisotopic (exact) mass is 210 g/mol. The number of hydrogen-bond acceptors (Lipinski definition) is 5.